The number of nitrogens with zero attached hydrogens (tertiary/aromatic N) is 2. The molecule has 0 fully saturated rings. The molecule has 0 unspecified atom stereocenters. The van der Waals surface area contributed by atoms with Gasteiger partial charge in [-0.1, -0.05) is 12.1 Å². The highest BCUT2D eigenvalue weighted by atomic mass is 16.6. The van der Waals surface area contributed by atoms with E-state index in [1.165, 1.54) is 11.9 Å². The standard InChI is InChI=1S/C12H14N2O2/c1-9-5-4-6-11(10(9)2)16-12(15)14(3)8-7-13/h4-6H,8H2,1-3H3. The van der Waals surface area contributed by atoms with Gasteiger partial charge in [0.25, 0.3) is 0 Å². The highest BCUT2D eigenvalue weighted by molar-refractivity contribution is 5.71. The molecule has 0 bridgehead atoms. The summed E-state index contributed by atoms with van der Waals surface area (Å²) in [7, 11) is 1.52. The first-order chi connectivity index (χ1) is 7.56. The maximum Gasteiger partial charge on any atom is 0.415 e. The van der Waals surface area contributed by atoms with Gasteiger partial charge in [0, 0.05) is 7.05 Å². The second-order valence-corrected chi connectivity index (χ2v) is 3.58. The van der Waals surface area contributed by atoms with Crippen LogP contribution < -0.4 is 4.74 Å². The van der Waals surface area contributed by atoms with Crippen LogP contribution in [-0.2, 0) is 0 Å². The van der Waals surface area contributed by atoms with Crippen LogP contribution in [0, 0.1) is 25.2 Å². The molecule has 0 heterocycles. The summed E-state index contributed by atoms with van der Waals surface area (Å²) < 4.78 is 5.18. The fourth-order valence-electron chi connectivity index (χ4n) is 1.18. The van der Waals surface area contributed by atoms with E-state index in [0.29, 0.717) is 5.75 Å². The minimum atomic E-state index is -0.518. The van der Waals surface area contributed by atoms with Gasteiger partial charge in [-0.15, -0.1) is 0 Å². The average molecular weight is 218 g/mol. The van der Waals surface area contributed by atoms with Crippen LogP contribution in [0.1, 0.15) is 11.1 Å². The van der Waals surface area contributed by atoms with Crippen molar-refractivity contribution in [3.63, 3.8) is 0 Å². The predicted octanol–water partition coefficient (Wildman–Crippen LogP) is 2.26. The number of ether oxygens (including phenoxy) is 1. The van der Waals surface area contributed by atoms with Crippen molar-refractivity contribution < 1.29 is 9.53 Å². The second kappa shape index (κ2) is 5.17. The number of amides is 1. The summed E-state index contributed by atoms with van der Waals surface area (Å²) in [4.78, 5) is 12.7. The summed E-state index contributed by atoms with van der Waals surface area (Å²) in [5, 5.41) is 8.45. The number of benzene rings is 1. The molecule has 1 aromatic carbocycles. The summed E-state index contributed by atoms with van der Waals surface area (Å²) in [6.45, 7) is 3.86. The molecule has 0 N–H and O–H groups in total. The van der Waals surface area contributed by atoms with Crippen LogP contribution in [0.2, 0.25) is 0 Å². The highest BCUT2D eigenvalue weighted by Crippen LogP contribution is 2.20. The number of hydrogen-bond acceptors (Lipinski definition) is 3. The van der Waals surface area contributed by atoms with Crippen LogP contribution >= 0.6 is 0 Å². The Morgan fingerprint density at radius 2 is 2.19 bits per heavy atom. The zero-order chi connectivity index (χ0) is 12.1. The molecule has 0 aliphatic rings. The van der Waals surface area contributed by atoms with E-state index < -0.39 is 6.09 Å². The van der Waals surface area contributed by atoms with Gasteiger partial charge in [0.2, 0.25) is 0 Å². The third-order valence-corrected chi connectivity index (χ3v) is 2.37. The van der Waals surface area contributed by atoms with E-state index in [4.69, 9.17) is 10.00 Å². The molecule has 4 nitrogen and oxygen atoms in total. The Kier molecular flexibility index (Phi) is 3.90. The van der Waals surface area contributed by atoms with Crippen molar-refractivity contribution in [2.75, 3.05) is 13.6 Å². The average Bonchev–Trinajstić information content (AvgIpc) is 2.25. The number of hydrogen-bond donors (Lipinski definition) is 0. The molecule has 4 heteroatoms. The Bertz CT molecular complexity index is 435. The van der Waals surface area contributed by atoms with Gasteiger partial charge in [-0.2, -0.15) is 5.26 Å². The van der Waals surface area contributed by atoms with Gasteiger partial charge in [-0.3, -0.25) is 4.90 Å². The zero-order valence-corrected chi connectivity index (χ0v) is 9.65. The first kappa shape index (κ1) is 12.1. The number of rotatable bonds is 2. The summed E-state index contributed by atoms with van der Waals surface area (Å²) >= 11 is 0. The van der Waals surface area contributed by atoms with Crippen molar-refractivity contribution in [3.8, 4) is 11.8 Å². The monoisotopic (exact) mass is 218 g/mol. The molecule has 0 saturated heterocycles. The van der Waals surface area contributed by atoms with E-state index in [1.54, 1.807) is 6.07 Å². The smallest absolute Gasteiger partial charge is 0.410 e. The summed E-state index contributed by atoms with van der Waals surface area (Å²) in [6.07, 6.45) is -0.518. The number of carbonyl (C=O) groups excluding carboxylic acids is 1. The Balaban J connectivity index is 2.78. The zero-order valence-electron chi connectivity index (χ0n) is 9.65. The lowest BCUT2D eigenvalue weighted by atomic mass is 10.1. The van der Waals surface area contributed by atoms with Gasteiger partial charge < -0.3 is 4.74 Å². The molecule has 0 aliphatic carbocycles. The van der Waals surface area contributed by atoms with E-state index in [-0.39, 0.29) is 6.54 Å². The Morgan fingerprint density at radius 3 is 2.81 bits per heavy atom. The SMILES string of the molecule is Cc1cccc(OC(=O)N(C)CC#N)c1C. The quantitative estimate of drug-likeness (QED) is 0.715. The maximum absolute atomic E-state index is 11.5. The molecule has 0 saturated carbocycles. The van der Waals surface area contributed by atoms with Crippen LogP contribution in [0.3, 0.4) is 0 Å². The summed E-state index contributed by atoms with van der Waals surface area (Å²) in [5.74, 6) is 0.537. The van der Waals surface area contributed by atoms with Gasteiger partial charge in [-0.25, -0.2) is 4.79 Å². The van der Waals surface area contributed by atoms with Crippen LogP contribution in [0.15, 0.2) is 18.2 Å². The fourth-order valence-corrected chi connectivity index (χ4v) is 1.18. The number of carbonyl (C=O) groups is 1. The fraction of sp³-hybridized carbons (Fsp3) is 0.333. The lowest BCUT2D eigenvalue weighted by molar-refractivity contribution is 0.167. The van der Waals surface area contributed by atoms with E-state index in [2.05, 4.69) is 0 Å². The Labute approximate surface area is 95.0 Å². The van der Waals surface area contributed by atoms with E-state index in [1.807, 2.05) is 32.0 Å². The normalized spacial score (nSPS) is 9.38. The lowest BCUT2D eigenvalue weighted by Crippen LogP contribution is -2.30. The van der Waals surface area contributed by atoms with E-state index in [9.17, 15) is 4.79 Å². The van der Waals surface area contributed by atoms with Gasteiger partial charge >= 0.3 is 6.09 Å². The topological polar surface area (TPSA) is 53.3 Å². The highest BCUT2D eigenvalue weighted by Gasteiger charge is 2.12. The predicted molar refractivity (Wildman–Crippen MR) is 60.2 cm³/mol. The number of nitriles is 1. The van der Waals surface area contributed by atoms with Crippen molar-refractivity contribution in [2.24, 2.45) is 0 Å². The molecule has 1 rings (SSSR count). The molecule has 0 aromatic heterocycles. The van der Waals surface area contributed by atoms with Crippen LogP contribution in [0.5, 0.6) is 5.75 Å². The largest absolute Gasteiger partial charge is 0.415 e. The molecule has 0 radical (unpaired) electrons. The van der Waals surface area contributed by atoms with Gasteiger partial charge in [0.05, 0.1) is 6.07 Å². The first-order valence-electron chi connectivity index (χ1n) is 4.92. The molecule has 1 aromatic rings. The Morgan fingerprint density at radius 1 is 1.50 bits per heavy atom. The molecule has 0 spiro atoms. The minimum absolute atomic E-state index is 0.0176. The molecular formula is C12H14N2O2. The van der Waals surface area contributed by atoms with Crippen LogP contribution in [0.25, 0.3) is 0 Å². The molecule has 0 atom stereocenters. The van der Waals surface area contributed by atoms with Gasteiger partial charge in [0.1, 0.15) is 12.3 Å². The van der Waals surface area contributed by atoms with E-state index >= 15 is 0 Å². The van der Waals surface area contributed by atoms with Gasteiger partial charge in [-0.05, 0) is 31.0 Å². The van der Waals surface area contributed by atoms with Crippen LogP contribution in [0.4, 0.5) is 4.79 Å². The number of aryl methyl sites for hydroxylation is 1. The summed E-state index contributed by atoms with van der Waals surface area (Å²) in [5.41, 5.74) is 1.99. The van der Waals surface area contributed by atoms with Crippen LogP contribution in [-0.4, -0.2) is 24.6 Å². The first-order valence-corrected chi connectivity index (χ1v) is 4.92. The van der Waals surface area contributed by atoms with Crippen molar-refractivity contribution in [3.05, 3.63) is 29.3 Å². The maximum atomic E-state index is 11.5. The minimum Gasteiger partial charge on any atom is -0.410 e. The van der Waals surface area contributed by atoms with Crippen molar-refractivity contribution >= 4 is 6.09 Å². The second-order valence-electron chi connectivity index (χ2n) is 3.58. The third kappa shape index (κ3) is 2.74. The summed E-state index contributed by atoms with van der Waals surface area (Å²) in [6, 6.07) is 7.40. The molecule has 1 amide bonds. The molecular weight excluding hydrogens is 204 g/mol. The molecule has 16 heavy (non-hydrogen) atoms. The lowest BCUT2D eigenvalue weighted by Gasteiger charge is -2.14. The molecule has 84 valence electrons. The van der Waals surface area contributed by atoms with Crippen molar-refractivity contribution in [1.82, 2.24) is 4.90 Å². The van der Waals surface area contributed by atoms with Crippen molar-refractivity contribution in [1.29, 1.82) is 5.26 Å². The van der Waals surface area contributed by atoms with Crippen molar-refractivity contribution in [2.45, 2.75) is 13.8 Å². The third-order valence-electron chi connectivity index (χ3n) is 2.37. The van der Waals surface area contributed by atoms with Gasteiger partial charge in [0.15, 0.2) is 0 Å². The molecule has 0 aliphatic heterocycles. The van der Waals surface area contributed by atoms with E-state index in [0.717, 1.165) is 11.1 Å². The Hall–Kier alpha value is -2.02.